The number of rotatable bonds is 9. The molecule has 0 amide bonds. The molecule has 0 bridgehead atoms. The molecule has 0 saturated heterocycles. The number of thiazole rings is 1. The Labute approximate surface area is 187 Å². The number of fused-ring (bicyclic) bond motifs is 1. The SMILES string of the molecule is CCC(CC)CNc1nc(C)c(-c2nc3cnccc3s2)c(NC2CCC(CO)C2)n1. The third-order valence-corrected chi connectivity index (χ3v) is 7.39. The highest BCUT2D eigenvalue weighted by molar-refractivity contribution is 7.21. The van der Waals surface area contributed by atoms with E-state index in [2.05, 4.69) is 29.5 Å². The maximum atomic E-state index is 9.54. The maximum Gasteiger partial charge on any atom is 0.224 e. The van der Waals surface area contributed by atoms with E-state index in [1.54, 1.807) is 23.7 Å². The van der Waals surface area contributed by atoms with E-state index in [0.717, 1.165) is 70.9 Å². The van der Waals surface area contributed by atoms with Crippen LogP contribution in [0.2, 0.25) is 0 Å². The third-order valence-electron chi connectivity index (χ3n) is 6.34. The van der Waals surface area contributed by atoms with Gasteiger partial charge < -0.3 is 15.7 Å². The number of nitrogens with zero attached hydrogens (tertiary/aromatic N) is 4. The number of aryl methyl sites for hydroxylation is 1. The number of hydrogen-bond donors (Lipinski definition) is 3. The van der Waals surface area contributed by atoms with Crippen molar-refractivity contribution < 1.29 is 5.11 Å². The average Bonchev–Trinajstić information content (AvgIpc) is 3.40. The van der Waals surface area contributed by atoms with Crippen molar-refractivity contribution in [3.05, 3.63) is 24.2 Å². The summed E-state index contributed by atoms with van der Waals surface area (Å²) in [5.74, 6) is 2.46. The molecule has 0 aromatic carbocycles. The van der Waals surface area contributed by atoms with Crippen molar-refractivity contribution in [2.45, 2.75) is 58.9 Å². The monoisotopic (exact) mass is 440 g/mol. The van der Waals surface area contributed by atoms with Crippen molar-refractivity contribution in [3.8, 4) is 10.6 Å². The molecular weight excluding hydrogens is 408 g/mol. The van der Waals surface area contributed by atoms with Gasteiger partial charge in [0.25, 0.3) is 0 Å². The molecule has 0 spiro atoms. The molecule has 4 rings (SSSR count). The van der Waals surface area contributed by atoms with Gasteiger partial charge in [-0.15, -0.1) is 11.3 Å². The number of aliphatic hydroxyl groups is 1. The molecule has 3 aromatic rings. The van der Waals surface area contributed by atoms with Gasteiger partial charge in [-0.2, -0.15) is 4.98 Å². The fourth-order valence-corrected chi connectivity index (χ4v) is 5.31. The van der Waals surface area contributed by atoms with E-state index in [0.29, 0.717) is 23.8 Å². The number of pyridine rings is 1. The lowest BCUT2D eigenvalue weighted by atomic mass is 10.0. The maximum absolute atomic E-state index is 9.54. The van der Waals surface area contributed by atoms with Crippen molar-refractivity contribution in [2.24, 2.45) is 11.8 Å². The molecule has 0 aliphatic heterocycles. The lowest BCUT2D eigenvalue weighted by molar-refractivity contribution is 0.229. The van der Waals surface area contributed by atoms with Crippen molar-refractivity contribution in [1.29, 1.82) is 0 Å². The largest absolute Gasteiger partial charge is 0.396 e. The Morgan fingerprint density at radius 3 is 2.74 bits per heavy atom. The van der Waals surface area contributed by atoms with Crippen LogP contribution in [0.25, 0.3) is 20.8 Å². The zero-order chi connectivity index (χ0) is 21.8. The van der Waals surface area contributed by atoms with Gasteiger partial charge in [-0.05, 0) is 44.1 Å². The number of nitrogens with one attached hydrogen (secondary N) is 2. The molecule has 3 heterocycles. The Morgan fingerprint density at radius 1 is 1.19 bits per heavy atom. The lowest BCUT2D eigenvalue weighted by Gasteiger charge is -2.19. The molecule has 31 heavy (non-hydrogen) atoms. The summed E-state index contributed by atoms with van der Waals surface area (Å²) in [5.41, 5.74) is 2.76. The van der Waals surface area contributed by atoms with Gasteiger partial charge in [-0.3, -0.25) is 4.98 Å². The average molecular weight is 441 g/mol. The Balaban J connectivity index is 1.68. The topological polar surface area (TPSA) is 95.9 Å². The first-order valence-electron chi connectivity index (χ1n) is 11.3. The van der Waals surface area contributed by atoms with Crippen molar-refractivity contribution in [1.82, 2.24) is 19.9 Å². The second kappa shape index (κ2) is 9.87. The summed E-state index contributed by atoms with van der Waals surface area (Å²) in [4.78, 5) is 18.7. The molecule has 1 saturated carbocycles. The molecule has 1 fully saturated rings. The van der Waals surface area contributed by atoms with Crippen LogP contribution in [-0.2, 0) is 0 Å². The molecule has 1 aliphatic rings. The van der Waals surface area contributed by atoms with Gasteiger partial charge in [0.15, 0.2) is 0 Å². The van der Waals surface area contributed by atoms with Crippen LogP contribution in [0.3, 0.4) is 0 Å². The molecule has 166 valence electrons. The molecule has 1 aliphatic carbocycles. The highest BCUT2D eigenvalue weighted by atomic mass is 32.1. The van der Waals surface area contributed by atoms with E-state index in [9.17, 15) is 5.11 Å². The first kappa shape index (κ1) is 21.9. The van der Waals surface area contributed by atoms with E-state index in [1.807, 2.05) is 13.0 Å². The van der Waals surface area contributed by atoms with Gasteiger partial charge >= 0.3 is 0 Å². The van der Waals surface area contributed by atoms with Gasteiger partial charge in [-0.25, -0.2) is 9.97 Å². The lowest BCUT2D eigenvalue weighted by Crippen LogP contribution is -2.20. The Kier molecular flexibility index (Phi) is 6.97. The molecule has 3 N–H and O–H groups in total. The van der Waals surface area contributed by atoms with Gasteiger partial charge in [0.1, 0.15) is 16.3 Å². The van der Waals surface area contributed by atoms with Crippen LogP contribution in [0, 0.1) is 18.8 Å². The number of aromatic nitrogens is 4. The van der Waals surface area contributed by atoms with Crippen molar-refractivity contribution in [3.63, 3.8) is 0 Å². The smallest absolute Gasteiger partial charge is 0.224 e. The number of aliphatic hydroxyl groups excluding tert-OH is 1. The second-order valence-corrected chi connectivity index (χ2v) is 9.52. The van der Waals surface area contributed by atoms with E-state index in [-0.39, 0.29) is 6.61 Å². The normalized spacial score (nSPS) is 18.7. The first-order valence-corrected chi connectivity index (χ1v) is 12.1. The summed E-state index contributed by atoms with van der Waals surface area (Å²) >= 11 is 1.64. The molecule has 2 unspecified atom stereocenters. The fourth-order valence-electron chi connectivity index (χ4n) is 4.28. The molecule has 8 heteroatoms. The minimum atomic E-state index is 0.251. The molecule has 2 atom stereocenters. The molecule has 0 radical (unpaired) electrons. The number of hydrogen-bond acceptors (Lipinski definition) is 8. The predicted octanol–water partition coefficient (Wildman–Crippen LogP) is 4.88. The highest BCUT2D eigenvalue weighted by Crippen LogP contribution is 2.37. The number of anilines is 2. The Bertz CT molecular complexity index is 985. The quantitative estimate of drug-likeness (QED) is 0.436. The van der Waals surface area contributed by atoms with Crippen molar-refractivity contribution >= 4 is 33.3 Å². The zero-order valence-corrected chi connectivity index (χ0v) is 19.4. The minimum Gasteiger partial charge on any atom is -0.396 e. The van der Waals surface area contributed by atoms with Crippen LogP contribution in [0.1, 0.15) is 51.6 Å². The second-order valence-electron chi connectivity index (χ2n) is 8.48. The molecule has 3 aromatic heterocycles. The summed E-state index contributed by atoms with van der Waals surface area (Å²) in [6.07, 6.45) is 8.90. The van der Waals surface area contributed by atoms with E-state index in [4.69, 9.17) is 15.0 Å². The Hall–Kier alpha value is -2.32. The van der Waals surface area contributed by atoms with E-state index >= 15 is 0 Å². The van der Waals surface area contributed by atoms with Gasteiger partial charge in [0, 0.05) is 25.4 Å². The van der Waals surface area contributed by atoms with Crippen LogP contribution in [0.15, 0.2) is 18.5 Å². The standard InChI is InChI=1S/C23H32N6OS/c1-4-15(5-2)11-25-23-26-14(3)20(22-28-18-12-24-9-8-19(18)31-22)21(29-23)27-17-7-6-16(10-17)13-30/h8-9,12,15-17,30H,4-7,10-11,13H2,1-3H3,(H2,25,26,27,29). The van der Waals surface area contributed by atoms with Gasteiger partial charge in [0.05, 0.1) is 22.2 Å². The predicted molar refractivity (Wildman–Crippen MR) is 128 cm³/mol. The summed E-state index contributed by atoms with van der Waals surface area (Å²) in [5, 5.41) is 17.6. The van der Waals surface area contributed by atoms with Crippen LogP contribution in [-0.4, -0.2) is 44.2 Å². The Morgan fingerprint density at radius 2 is 2.03 bits per heavy atom. The van der Waals surface area contributed by atoms with Crippen LogP contribution >= 0.6 is 11.3 Å². The highest BCUT2D eigenvalue weighted by Gasteiger charge is 2.26. The summed E-state index contributed by atoms with van der Waals surface area (Å²) in [6.45, 7) is 7.59. The fraction of sp³-hybridized carbons (Fsp3) is 0.565. The van der Waals surface area contributed by atoms with Crippen LogP contribution < -0.4 is 10.6 Å². The van der Waals surface area contributed by atoms with Crippen LogP contribution in [0.5, 0.6) is 0 Å². The zero-order valence-electron chi connectivity index (χ0n) is 18.6. The third kappa shape index (κ3) is 4.96. The minimum absolute atomic E-state index is 0.251. The summed E-state index contributed by atoms with van der Waals surface area (Å²) in [7, 11) is 0. The summed E-state index contributed by atoms with van der Waals surface area (Å²) < 4.78 is 1.10. The van der Waals surface area contributed by atoms with Gasteiger partial charge in [0.2, 0.25) is 5.95 Å². The molecular formula is C23H32N6OS. The van der Waals surface area contributed by atoms with E-state index in [1.165, 1.54) is 0 Å². The van der Waals surface area contributed by atoms with E-state index < -0.39 is 0 Å². The molecule has 7 nitrogen and oxygen atoms in total. The van der Waals surface area contributed by atoms with Crippen LogP contribution in [0.4, 0.5) is 11.8 Å². The van der Waals surface area contributed by atoms with Crippen molar-refractivity contribution in [2.75, 3.05) is 23.8 Å². The summed E-state index contributed by atoms with van der Waals surface area (Å²) in [6, 6.07) is 2.29. The van der Waals surface area contributed by atoms with Gasteiger partial charge in [-0.1, -0.05) is 26.7 Å². The first-order chi connectivity index (χ1) is 15.1.